The summed E-state index contributed by atoms with van der Waals surface area (Å²) in [6.45, 7) is 0. The summed E-state index contributed by atoms with van der Waals surface area (Å²) in [4.78, 5) is 0. The Hall–Kier alpha value is -5.90. The molecule has 0 spiro atoms. The van der Waals surface area contributed by atoms with E-state index in [1.165, 1.54) is 80.8 Å². The Kier molecular flexibility index (Phi) is 5.78. The smallest absolute Gasteiger partial charge is 0.0548 e. The van der Waals surface area contributed by atoms with Gasteiger partial charge in [-0.1, -0.05) is 115 Å². The lowest BCUT2D eigenvalue weighted by Gasteiger charge is -2.10. The maximum Gasteiger partial charge on any atom is 0.0548 e. The summed E-state index contributed by atoms with van der Waals surface area (Å²) >= 11 is 1.90. The van der Waals surface area contributed by atoms with Crippen LogP contribution in [0.5, 0.6) is 0 Å². The zero-order valence-corrected chi connectivity index (χ0v) is 26.3. The number of hydrogen-bond donors (Lipinski definition) is 0. The zero-order valence-electron chi connectivity index (χ0n) is 25.5. The van der Waals surface area contributed by atoms with E-state index in [1.807, 2.05) is 11.3 Å². The van der Waals surface area contributed by atoms with Gasteiger partial charge in [0.1, 0.15) is 0 Å². The average Bonchev–Trinajstić information content (AvgIpc) is 3.83. The maximum absolute atomic E-state index is 2.42. The van der Waals surface area contributed by atoms with Crippen LogP contribution < -0.4 is 0 Å². The molecule has 3 heteroatoms. The lowest BCUT2D eigenvalue weighted by atomic mass is 10.00. The van der Waals surface area contributed by atoms with Crippen molar-refractivity contribution in [2.75, 3.05) is 0 Å². The van der Waals surface area contributed by atoms with E-state index >= 15 is 0 Å². The highest BCUT2D eigenvalue weighted by atomic mass is 32.1. The van der Waals surface area contributed by atoms with Gasteiger partial charge in [-0.05, 0) is 70.8 Å². The highest BCUT2D eigenvalue weighted by molar-refractivity contribution is 7.26. The van der Waals surface area contributed by atoms with Crippen LogP contribution in [0.2, 0.25) is 0 Å². The fraction of sp³-hybridized carbons (Fsp3) is 0. The average molecular weight is 617 g/mol. The number of thiophene rings is 1. The molecule has 10 aromatic rings. The summed E-state index contributed by atoms with van der Waals surface area (Å²) in [6, 6.07) is 59.6. The summed E-state index contributed by atoms with van der Waals surface area (Å²) in [5.74, 6) is 0. The first kappa shape index (κ1) is 26.3. The largest absolute Gasteiger partial charge is 0.317 e. The van der Waals surface area contributed by atoms with Gasteiger partial charge in [-0.25, -0.2) is 0 Å². The van der Waals surface area contributed by atoms with Crippen LogP contribution in [-0.2, 0) is 0 Å². The molecule has 47 heavy (non-hydrogen) atoms. The Morgan fingerprint density at radius 3 is 1.72 bits per heavy atom. The van der Waals surface area contributed by atoms with E-state index in [1.54, 1.807) is 0 Å². The van der Waals surface area contributed by atoms with Gasteiger partial charge in [0.15, 0.2) is 0 Å². The van der Waals surface area contributed by atoms with Crippen molar-refractivity contribution in [2.24, 2.45) is 0 Å². The van der Waals surface area contributed by atoms with Crippen LogP contribution in [0.4, 0.5) is 0 Å². The number of fused-ring (bicyclic) bond motifs is 7. The first-order valence-corrected chi connectivity index (χ1v) is 16.8. The first-order valence-electron chi connectivity index (χ1n) is 16.0. The van der Waals surface area contributed by atoms with Gasteiger partial charge in [-0.2, -0.15) is 0 Å². The summed E-state index contributed by atoms with van der Waals surface area (Å²) in [6.07, 6.45) is 2.18. The highest BCUT2D eigenvalue weighted by Crippen LogP contribution is 2.44. The van der Waals surface area contributed by atoms with E-state index in [2.05, 4.69) is 179 Å². The minimum Gasteiger partial charge on any atom is -0.317 e. The Balaban J connectivity index is 1.12. The zero-order chi connectivity index (χ0) is 30.9. The minimum absolute atomic E-state index is 1.16. The summed E-state index contributed by atoms with van der Waals surface area (Å²) in [5, 5.41) is 6.39. The van der Waals surface area contributed by atoms with Gasteiger partial charge in [0.05, 0.1) is 16.6 Å². The molecule has 0 aliphatic heterocycles. The van der Waals surface area contributed by atoms with E-state index in [-0.39, 0.29) is 0 Å². The molecule has 0 saturated heterocycles. The molecule has 3 heterocycles. The number of nitrogens with zero attached hydrogens (tertiary/aromatic N) is 2. The second kappa shape index (κ2) is 10.3. The molecule has 0 unspecified atom stereocenters. The molecule has 220 valence electrons. The molecule has 0 radical (unpaired) electrons. The number of aromatic nitrogens is 2. The molecule has 0 fully saturated rings. The van der Waals surface area contributed by atoms with Crippen LogP contribution >= 0.6 is 11.3 Å². The first-order chi connectivity index (χ1) is 23.3. The van der Waals surface area contributed by atoms with Crippen molar-refractivity contribution >= 4 is 64.2 Å². The van der Waals surface area contributed by atoms with Crippen LogP contribution in [0.25, 0.3) is 86.5 Å². The lowest BCUT2D eigenvalue weighted by Crippen LogP contribution is -1.94. The Morgan fingerprint density at radius 2 is 1.00 bits per heavy atom. The van der Waals surface area contributed by atoms with Gasteiger partial charge in [-0.15, -0.1) is 11.3 Å². The van der Waals surface area contributed by atoms with Crippen molar-refractivity contribution in [2.45, 2.75) is 0 Å². The van der Waals surface area contributed by atoms with Crippen LogP contribution in [0.3, 0.4) is 0 Å². The monoisotopic (exact) mass is 616 g/mol. The van der Waals surface area contributed by atoms with Gasteiger partial charge in [0, 0.05) is 53.9 Å². The summed E-state index contributed by atoms with van der Waals surface area (Å²) < 4.78 is 7.38. The third-order valence-electron chi connectivity index (χ3n) is 9.56. The van der Waals surface area contributed by atoms with E-state index in [0.29, 0.717) is 0 Å². The number of para-hydroxylation sites is 2. The molecule has 3 aromatic heterocycles. The van der Waals surface area contributed by atoms with E-state index < -0.39 is 0 Å². The second-order valence-corrected chi connectivity index (χ2v) is 13.2. The van der Waals surface area contributed by atoms with E-state index in [0.717, 1.165) is 5.69 Å². The Labute approximate surface area is 276 Å². The Morgan fingerprint density at radius 1 is 0.383 bits per heavy atom. The third-order valence-corrected chi connectivity index (χ3v) is 10.9. The molecule has 10 rings (SSSR count). The fourth-order valence-electron chi connectivity index (χ4n) is 7.37. The van der Waals surface area contributed by atoms with Gasteiger partial charge in [0.25, 0.3) is 0 Å². The predicted octanol–water partition coefficient (Wildman–Crippen LogP) is 12.4. The molecule has 0 amide bonds. The molecule has 7 aromatic carbocycles. The van der Waals surface area contributed by atoms with Crippen molar-refractivity contribution in [3.05, 3.63) is 170 Å². The molecular weight excluding hydrogens is 589 g/mol. The van der Waals surface area contributed by atoms with Gasteiger partial charge < -0.3 is 9.13 Å². The van der Waals surface area contributed by atoms with Crippen LogP contribution in [0.15, 0.2) is 170 Å². The minimum atomic E-state index is 1.16. The molecule has 0 bridgehead atoms. The van der Waals surface area contributed by atoms with Gasteiger partial charge in [0.2, 0.25) is 0 Å². The van der Waals surface area contributed by atoms with Crippen molar-refractivity contribution in [1.82, 2.24) is 9.13 Å². The summed E-state index contributed by atoms with van der Waals surface area (Å²) in [7, 11) is 0. The quantitative estimate of drug-likeness (QED) is 0.186. The number of benzene rings is 7. The maximum atomic E-state index is 2.42. The molecule has 2 nitrogen and oxygen atoms in total. The normalized spacial score (nSPS) is 11.8. The molecule has 0 N–H and O–H groups in total. The third kappa shape index (κ3) is 4.04. The van der Waals surface area contributed by atoms with Gasteiger partial charge >= 0.3 is 0 Å². The SMILES string of the molecule is c1ccc(-c2cccc3c2sc2c(-c4ccc(-n5c6ccccc6c6cc7c(ccn7-c7ccccc7)cc65)cc4)cccc23)cc1. The van der Waals surface area contributed by atoms with E-state index in [4.69, 9.17) is 0 Å². The second-order valence-electron chi connectivity index (χ2n) is 12.2. The Bertz CT molecular complexity index is 2760. The van der Waals surface area contributed by atoms with Crippen LogP contribution in [-0.4, -0.2) is 9.13 Å². The number of rotatable bonds is 4. The molecular formula is C44H28N2S. The molecule has 0 aliphatic carbocycles. The van der Waals surface area contributed by atoms with Crippen LogP contribution in [0, 0.1) is 0 Å². The van der Waals surface area contributed by atoms with Crippen LogP contribution in [0.1, 0.15) is 0 Å². The number of hydrogen-bond acceptors (Lipinski definition) is 1. The summed E-state index contributed by atoms with van der Waals surface area (Å²) in [5.41, 5.74) is 11.1. The predicted molar refractivity (Wildman–Crippen MR) is 201 cm³/mol. The molecule has 0 saturated carbocycles. The fourth-order valence-corrected chi connectivity index (χ4v) is 8.74. The van der Waals surface area contributed by atoms with Crippen molar-refractivity contribution in [1.29, 1.82) is 0 Å². The van der Waals surface area contributed by atoms with Gasteiger partial charge in [-0.3, -0.25) is 0 Å². The van der Waals surface area contributed by atoms with Crippen molar-refractivity contribution in [3.63, 3.8) is 0 Å². The van der Waals surface area contributed by atoms with Crippen molar-refractivity contribution < 1.29 is 0 Å². The van der Waals surface area contributed by atoms with E-state index in [9.17, 15) is 0 Å². The highest BCUT2D eigenvalue weighted by Gasteiger charge is 2.17. The molecule has 0 atom stereocenters. The molecule has 0 aliphatic rings. The van der Waals surface area contributed by atoms with Crippen molar-refractivity contribution in [3.8, 4) is 33.6 Å². The standard InChI is InChI=1S/C44H28N2S/c1-3-11-29(12-4-1)34-16-9-18-37-38-19-10-17-35(44(38)47-43(34)37)30-21-23-33(24-22-30)46-40-20-8-7-15-36(40)39-28-41-31(27-42(39)46)25-26-45(41)32-13-5-2-6-14-32/h1-28H. The topological polar surface area (TPSA) is 9.86 Å². The lowest BCUT2D eigenvalue weighted by molar-refractivity contribution is 1.13.